The van der Waals surface area contributed by atoms with Crippen LogP contribution in [0.5, 0.6) is 0 Å². The maximum absolute atomic E-state index is 4.80. The highest BCUT2D eigenvalue weighted by atomic mass is 14.8. The number of hydrogen-bond acceptors (Lipinski definition) is 1. The summed E-state index contributed by atoms with van der Waals surface area (Å²) in [5.74, 6) is 0. The summed E-state index contributed by atoms with van der Waals surface area (Å²) in [6.07, 6.45) is 18.9. The zero-order valence-electron chi connectivity index (χ0n) is 28.5. The number of anilines is 1. The Labute approximate surface area is 296 Å². The van der Waals surface area contributed by atoms with Crippen molar-refractivity contribution in [3.63, 3.8) is 0 Å². The lowest BCUT2D eigenvalue weighted by atomic mass is 9.66. The van der Waals surface area contributed by atoms with Crippen molar-refractivity contribution < 1.29 is 0 Å². The molecule has 0 aliphatic heterocycles. The highest BCUT2D eigenvalue weighted by Crippen LogP contribution is 2.58. The van der Waals surface area contributed by atoms with E-state index in [1.165, 1.54) is 55.3 Å². The van der Waals surface area contributed by atoms with Crippen LogP contribution in [0.4, 0.5) is 5.69 Å². The molecule has 0 heterocycles. The molecule has 1 unspecified atom stereocenters. The monoisotopic (exact) mass is 643 g/mol. The first-order chi connectivity index (χ1) is 24.6. The number of fused-ring (bicyclic) bond motifs is 4. The molecule has 1 nitrogen and oxygen atoms in total. The fraction of sp³-hybridized carbons (Fsp3) is 0.0612. The lowest BCUT2D eigenvalue weighted by Gasteiger charge is -2.35. The molecular weight excluding hydrogens is 603 g/mol. The van der Waals surface area contributed by atoms with Gasteiger partial charge in [-0.3, -0.25) is 0 Å². The Balaban J connectivity index is 1.33. The van der Waals surface area contributed by atoms with E-state index in [2.05, 4.69) is 164 Å². The normalized spacial score (nSPS) is 15.3. The summed E-state index contributed by atoms with van der Waals surface area (Å²) in [5, 5.41) is 6.15. The Morgan fingerprint density at radius 3 is 2.12 bits per heavy atom. The van der Waals surface area contributed by atoms with Gasteiger partial charge in [-0.15, -0.1) is 0 Å². The fourth-order valence-electron chi connectivity index (χ4n) is 7.35. The first kappa shape index (κ1) is 32.4. The molecule has 0 fully saturated rings. The third-order valence-corrected chi connectivity index (χ3v) is 9.66. The molecule has 0 amide bonds. The molecule has 1 heteroatoms. The average Bonchev–Trinajstić information content (AvgIpc) is 3.45. The van der Waals surface area contributed by atoms with E-state index in [1.807, 2.05) is 37.4 Å². The predicted octanol–water partition coefficient (Wildman–Crippen LogP) is 12.8. The summed E-state index contributed by atoms with van der Waals surface area (Å²) >= 11 is 0. The van der Waals surface area contributed by atoms with Crippen LogP contribution >= 0.6 is 0 Å². The van der Waals surface area contributed by atoms with E-state index in [-0.39, 0.29) is 0 Å². The molecule has 0 saturated heterocycles. The van der Waals surface area contributed by atoms with Crippen molar-refractivity contribution in [3.05, 3.63) is 235 Å². The van der Waals surface area contributed by atoms with Gasteiger partial charge in [-0.1, -0.05) is 177 Å². The van der Waals surface area contributed by atoms with E-state index in [4.69, 9.17) is 6.58 Å². The molecule has 0 aromatic heterocycles. The third kappa shape index (κ3) is 6.11. The van der Waals surface area contributed by atoms with Gasteiger partial charge in [0.15, 0.2) is 0 Å². The molecule has 0 saturated carbocycles. The van der Waals surface area contributed by atoms with Gasteiger partial charge in [0.25, 0.3) is 0 Å². The minimum atomic E-state index is -0.621. The quantitative estimate of drug-likeness (QED) is 0.139. The molecule has 6 aromatic rings. The highest BCUT2D eigenvalue weighted by Gasteiger charge is 2.47. The van der Waals surface area contributed by atoms with Crippen molar-refractivity contribution >= 4 is 16.5 Å². The van der Waals surface area contributed by atoms with Crippen molar-refractivity contribution in [2.45, 2.75) is 18.8 Å². The van der Waals surface area contributed by atoms with Gasteiger partial charge < -0.3 is 5.32 Å². The Kier molecular flexibility index (Phi) is 9.40. The van der Waals surface area contributed by atoms with Crippen LogP contribution in [0.3, 0.4) is 0 Å². The SMILES string of the molecule is C=C/C=C\C=C/Nc1ccccc1C1(C(=C)/C=C\C=C/C)c2ccccc2-c2ccc(-c3ccc(Cc4ccc5ccccc5c4)cc3)cc21. The number of benzene rings is 6. The Bertz CT molecular complexity index is 2310. The van der Waals surface area contributed by atoms with Crippen LogP contribution in [-0.4, -0.2) is 0 Å². The van der Waals surface area contributed by atoms with Gasteiger partial charge in [0.1, 0.15) is 0 Å². The van der Waals surface area contributed by atoms with Crippen LogP contribution < -0.4 is 5.32 Å². The van der Waals surface area contributed by atoms with Crippen molar-refractivity contribution in [3.8, 4) is 22.3 Å². The number of allylic oxidation sites excluding steroid dienone is 9. The van der Waals surface area contributed by atoms with E-state index < -0.39 is 5.41 Å². The fourth-order valence-corrected chi connectivity index (χ4v) is 7.35. The van der Waals surface area contributed by atoms with Crippen molar-refractivity contribution in [2.75, 3.05) is 5.32 Å². The van der Waals surface area contributed by atoms with Crippen LogP contribution in [0.15, 0.2) is 207 Å². The maximum atomic E-state index is 4.80. The number of para-hydroxylation sites is 1. The van der Waals surface area contributed by atoms with Gasteiger partial charge >= 0.3 is 0 Å². The van der Waals surface area contributed by atoms with E-state index >= 15 is 0 Å². The Morgan fingerprint density at radius 1 is 0.600 bits per heavy atom. The molecule has 0 bridgehead atoms. The second-order valence-electron chi connectivity index (χ2n) is 12.7. The highest BCUT2D eigenvalue weighted by molar-refractivity contribution is 5.90. The zero-order chi connectivity index (χ0) is 34.3. The van der Waals surface area contributed by atoms with E-state index in [0.717, 1.165) is 23.2 Å². The molecule has 0 radical (unpaired) electrons. The van der Waals surface area contributed by atoms with Crippen LogP contribution in [-0.2, 0) is 11.8 Å². The second-order valence-corrected chi connectivity index (χ2v) is 12.7. The largest absolute Gasteiger partial charge is 0.361 e. The van der Waals surface area contributed by atoms with Gasteiger partial charge in [0, 0.05) is 11.9 Å². The van der Waals surface area contributed by atoms with Crippen LogP contribution in [0.2, 0.25) is 0 Å². The molecule has 6 aromatic carbocycles. The molecule has 242 valence electrons. The number of nitrogens with one attached hydrogen (secondary N) is 1. The van der Waals surface area contributed by atoms with Crippen molar-refractivity contribution in [1.82, 2.24) is 0 Å². The second kappa shape index (κ2) is 14.5. The molecule has 50 heavy (non-hydrogen) atoms. The summed E-state index contributed by atoms with van der Waals surface area (Å²) in [6, 6.07) is 48.7. The predicted molar refractivity (Wildman–Crippen MR) is 216 cm³/mol. The maximum Gasteiger partial charge on any atom is 0.0728 e. The van der Waals surface area contributed by atoms with E-state index in [1.54, 1.807) is 6.08 Å². The molecule has 7 rings (SSSR count). The molecular formula is C49H41N. The smallest absolute Gasteiger partial charge is 0.0728 e. The number of hydrogen-bond donors (Lipinski definition) is 1. The van der Waals surface area contributed by atoms with Gasteiger partial charge in [0.2, 0.25) is 0 Å². The Hall–Kier alpha value is -6.18. The topological polar surface area (TPSA) is 12.0 Å². The molecule has 1 aliphatic carbocycles. The van der Waals surface area contributed by atoms with E-state index in [0.29, 0.717) is 0 Å². The third-order valence-electron chi connectivity index (χ3n) is 9.66. The summed E-state index contributed by atoms with van der Waals surface area (Å²) in [7, 11) is 0. The average molecular weight is 644 g/mol. The van der Waals surface area contributed by atoms with Gasteiger partial charge in [-0.2, -0.15) is 0 Å². The minimum absolute atomic E-state index is 0.621. The lowest BCUT2D eigenvalue weighted by molar-refractivity contribution is 0.773. The zero-order valence-corrected chi connectivity index (χ0v) is 28.5. The molecule has 0 spiro atoms. The van der Waals surface area contributed by atoms with Crippen LogP contribution in [0.25, 0.3) is 33.0 Å². The van der Waals surface area contributed by atoms with Crippen molar-refractivity contribution in [2.24, 2.45) is 0 Å². The van der Waals surface area contributed by atoms with E-state index in [9.17, 15) is 0 Å². The molecule has 1 aliphatic rings. The van der Waals surface area contributed by atoms with Crippen LogP contribution in [0, 0.1) is 0 Å². The summed E-state index contributed by atoms with van der Waals surface area (Å²) < 4.78 is 0. The lowest BCUT2D eigenvalue weighted by Crippen LogP contribution is -2.29. The summed E-state index contributed by atoms with van der Waals surface area (Å²) in [5.41, 5.74) is 12.5. The summed E-state index contributed by atoms with van der Waals surface area (Å²) in [6.45, 7) is 10.6. The minimum Gasteiger partial charge on any atom is -0.361 e. The first-order valence-corrected chi connectivity index (χ1v) is 17.2. The van der Waals surface area contributed by atoms with Gasteiger partial charge in [-0.05, 0) is 98.0 Å². The summed E-state index contributed by atoms with van der Waals surface area (Å²) in [4.78, 5) is 0. The van der Waals surface area contributed by atoms with Crippen LogP contribution in [0.1, 0.15) is 34.7 Å². The van der Waals surface area contributed by atoms with Crippen molar-refractivity contribution in [1.29, 1.82) is 0 Å². The van der Waals surface area contributed by atoms with Gasteiger partial charge in [-0.25, -0.2) is 0 Å². The van der Waals surface area contributed by atoms with Gasteiger partial charge in [0.05, 0.1) is 5.41 Å². The standard InChI is InChI=1S/C49H41N/c1-4-6-8-16-32-50-48-23-15-14-22-46(48)49(36(3)17-9-7-5-2)45-21-13-12-20-43(45)44-31-30-42(35-47(44)49)40-27-24-37(25-28-40)33-38-26-29-39-18-10-11-19-41(39)34-38/h4-32,34-35,50H,1,3,33H2,2H3/b7-5-,8-6-,17-9-,32-16-. The number of rotatable bonds is 11. The molecule has 1 N–H and O–H groups in total. The first-order valence-electron chi connectivity index (χ1n) is 17.2. The molecule has 1 atom stereocenters. The Morgan fingerprint density at radius 2 is 1.30 bits per heavy atom.